The molecule has 0 bridgehead atoms. The molecular weight excluding hydrogens is 497 g/mol. The Bertz CT molecular complexity index is 1190. The minimum Gasteiger partial charge on any atom is -0.338 e. The number of nitrogens with zero attached hydrogens (tertiary/aromatic N) is 8. The number of piperazine rings is 2. The molecule has 1 atom stereocenters. The fraction of sp³-hybridized carbons (Fsp3) is 0.462. The third-order valence-electron chi connectivity index (χ3n) is 6.98. The summed E-state index contributed by atoms with van der Waals surface area (Å²) in [6, 6.07) is 10.6. The van der Waals surface area contributed by atoms with E-state index in [1.807, 2.05) is 18.2 Å². The normalized spacial score (nSPS) is 19.3. The second kappa shape index (κ2) is 11.6. The summed E-state index contributed by atoms with van der Waals surface area (Å²) in [5, 5.41) is 3.40. The third kappa shape index (κ3) is 6.55. The number of aromatic nitrogens is 4. The molecule has 2 saturated heterocycles. The van der Waals surface area contributed by atoms with Crippen LogP contribution >= 0.6 is 0 Å². The molecule has 2 aliphatic heterocycles. The van der Waals surface area contributed by atoms with Crippen molar-refractivity contribution in [3.05, 3.63) is 60.3 Å². The highest BCUT2D eigenvalue weighted by Crippen LogP contribution is 2.29. The Morgan fingerprint density at radius 2 is 1.63 bits per heavy atom. The minimum absolute atomic E-state index is 0.189. The molecule has 0 spiro atoms. The summed E-state index contributed by atoms with van der Waals surface area (Å²) in [6.07, 6.45) is 2.69. The van der Waals surface area contributed by atoms with E-state index >= 15 is 0 Å². The lowest BCUT2D eigenvalue weighted by Gasteiger charge is -2.41. The van der Waals surface area contributed by atoms with E-state index in [0.717, 1.165) is 58.9 Å². The van der Waals surface area contributed by atoms with Crippen LogP contribution in [0.1, 0.15) is 11.5 Å². The van der Waals surface area contributed by atoms with Gasteiger partial charge >= 0.3 is 12.1 Å². The second-order valence-electron chi connectivity index (χ2n) is 9.66. The van der Waals surface area contributed by atoms with Gasteiger partial charge in [0.05, 0.1) is 5.56 Å². The molecule has 1 unspecified atom stereocenters. The van der Waals surface area contributed by atoms with Crippen LogP contribution in [0.3, 0.4) is 0 Å². The second-order valence-corrected chi connectivity index (χ2v) is 9.66. The van der Waals surface area contributed by atoms with E-state index in [1.54, 1.807) is 0 Å². The number of hydrogen-bond acceptors (Lipinski definition) is 9. The van der Waals surface area contributed by atoms with Crippen molar-refractivity contribution in [2.24, 2.45) is 0 Å². The first-order valence-corrected chi connectivity index (χ1v) is 12.7. The first-order valence-electron chi connectivity index (χ1n) is 12.7. The molecule has 2 fully saturated rings. The van der Waals surface area contributed by atoms with Crippen LogP contribution in [-0.4, -0.2) is 107 Å². The summed E-state index contributed by atoms with van der Waals surface area (Å²) < 4.78 is 42.5. The van der Waals surface area contributed by atoms with E-state index in [1.165, 1.54) is 18.0 Å². The zero-order valence-corrected chi connectivity index (χ0v) is 21.3. The lowest BCUT2D eigenvalue weighted by molar-refractivity contribution is -0.159. The SMILES string of the molecule is CN1CCN(CC(C=Cc2ccccc2)N2CCN(c3ncc(-c4noc(C(F)(F)F)n4)cn3)CC2)CC1. The van der Waals surface area contributed by atoms with Gasteiger partial charge in [-0.1, -0.05) is 47.6 Å². The van der Waals surface area contributed by atoms with Gasteiger partial charge in [-0.15, -0.1) is 0 Å². The van der Waals surface area contributed by atoms with E-state index < -0.39 is 12.1 Å². The number of likely N-dealkylation sites (N-methyl/N-ethyl adjacent to an activating group) is 1. The van der Waals surface area contributed by atoms with Crippen LogP contribution in [0, 0.1) is 0 Å². The molecule has 2 aromatic heterocycles. The maximum absolute atomic E-state index is 12.7. The van der Waals surface area contributed by atoms with Gasteiger partial charge in [0.25, 0.3) is 0 Å². The molecule has 0 N–H and O–H groups in total. The van der Waals surface area contributed by atoms with E-state index in [2.05, 4.69) is 75.6 Å². The van der Waals surface area contributed by atoms with Crippen LogP contribution in [0.4, 0.5) is 19.1 Å². The number of hydrogen-bond donors (Lipinski definition) is 0. The summed E-state index contributed by atoms with van der Waals surface area (Å²) in [6.45, 7) is 8.47. The van der Waals surface area contributed by atoms with Crippen molar-refractivity contribution in [1.82, 2.24) is 34.8 Å². The Kier molecular flexibility index (Phi) is 8.01. The summed E-state index contributed by atoms with van der Waals surface area (Å²) >= 11 is 0. The fourth-order valence-electron chi connectivity index (χ4n) is 4.69. The van der Waals surface area contributed by atoms with E-state index in [-0.39, 0.29) is 17.4 Å². The summed E-state index contributed by atoms with van der Waals surface area (Å²) in [4.78, 5) is 21.6. The van der Waals surface area contributed by atoms with Gasteiger partial charge in [0.2, 0.25) is 11.8 Å². The molecule has 0 saturated carbocycles. The fourth-order valence-corrected chi connectivity index (χ4v) is 4.69. The molecule has 9 nitrogen and oxygen atoms in total. The lowest BCUT2D eigenvalue weighted by Crippen LogP contribution is -2.55. The van der Waals surface area contributed by atoms with Crippen LogP contribution in [0.5, 0.6) is 0 Å². The lowest BCUT2D eigenvalue weighted by atomic mass is 10.1. The van der Waals surface area contributed by atoms with Crippen molar-refractivity contribution in [3.63, 3.8) is 0 Å². The molecular formula is C26H31F3N8O. The number of benzene rings is 1. The van der Waals surface area contributed by atoms with E-state index in [0.29, 0.717) is 5.95 Å². The highest BCUT2D eigenvalue weighted by atomic mass is 19.4. The topological polar surface area (TPSA) is 77.7 Å². The summed E-state index contributed by atoms with van der Waals surface area (Å²) in [7, 11) is 2.17. The van der Waals surface area contributed by atoms with Gasteiger partial charge in [0, 0.05) is 77.3 Å². The minimum atomic E-state index is -4.69. The monoisotopic (exact) mass is 528 g/mol. The van der Waals surface area contributed by atoms with Gasteiger partial charge in [-0.25, -0.2) is 9.97 Å². The average molecular weight is 529 g/mol. The zero-order chi connectivity index (χ0) is 26.5. The maximum atomic E-state index is 12.7. The Hall–Kier alpha value is -3.35. The first kappa shape index (κ1) is 26.3. The van der Waals surface area contributed by atoms with Crippen molar-refractivity contribution in [2.75, 3.05) is 70.9 Å². The van der Waals surface area contributed by atoms with E-state index in [9.17, 15) is 13.2 Å². The maximum Gasteiger partial charge on any atom is 0.471 e. The molecule has 4 heterocycles. The molecule has 38 heavy (non-hydrogen) atoms. The molecule has 1 aromatic carbocycles. The molecule has 2 aliphatic rings. The first-order chi connectivity index (χ1) is 18.3. The average Bonchev–Trinajstić information content (AvgIpc) is 3.44. The molecule has 12 heteroatoms. The van der Waals surface area contributed by atoms with Gasteiger partial charge < -0.3 is 14.3 Å². The third-order valence-corrected chi connectivity index (χ3v) is 6.98. The number of rotatable bonds is 7. The molecule has 0 radical (unpaired) electrons. The molecule has 0 aliphatic carbocycles. The van der Waals surface area contributed by atoms with Crippen LogP contribution in [0.15, 0.2) is 53.3 Å². The van der Waals surface area contributed by atoms with Crippen LogP contribution in [0.2, 0.25) is 0 Å². The van der Waals surface area contributed by atoms with Crippen molar-refractivity contribution < 1.29 is 17.7 Å². The number of halogens is 3. The van der Waals surface area contributed by atoms with E-state index in [4.69, 9.17) is 0 Å². The standard InChI is InChI=1S/C26H31F3N8O/c1-34-9-11-35(12-10-34)19-22(8-7-20-5-3-2-4-6-20)36-13-15-37(16-14-36)25-30-17-21(18-31-25)23-32-24(38-33-23)26(27,28)29/h2-8,17-18,22H,9-16,19H2,1H3. The smallest absolute Gasteiger partial charge is 0.338 e. The molecule has 202 valence electrons. The quantitative estimate of drug-likeness (QED) is 0.460. The van der Waals surface area contributed by atoms with Gasteiger partial charge in [-0.2, -0.15) is 18.2 Å². The molecule has 5 rings (SSSR count). The van der Waals surface area contributed by atoms with Crippen molar-refractivity contribution in [2.45, 2.75) is 12.2 Å². The van der Waals surface area contributed by atoms with Crippen molar-refractivity contribution in [3.8, 4) is 11.4 Å². The van der Waals surface area contributed by atoms with Crippen LogP contribution in [-0.2, 0) is 6.18 Å². The predicted octanol–water partition coefficient (Wildman–Crippen LogP) is 3.00. The highest BCUT2D eigenvalue weighted by molar-refractivity contribution is 5.52. The number of alkyl halides is 3. The molecule has 0 amide bonds. The van der Waals surface area contributed by atoms with Gasteiger partial charge in [0.15, 0.2) is 0 Å². The number of anilines is 1. The summed E-state index contributed by atoms with van der Waals surface area (Å²) in [5.74, 6) is -1.05. The van der Waals surface area contributed by atoms with Gasteiger partial charge in [-0.05, 0) is 12.6 Å². The molecule has 3 aromatic rings. The Labute approximate surface area is 219 Å². The Morgan fingerprint density at radius 3 is 2.26 bits per heavy atom. The Balaban J connectivity index is 1.22. The van der Waals surface area contributed by atoms with Crippen molar-refractivity contribution in [1.29, 1.82) is 0 Å². The highest BCUT2D eigenvalue weighted by Gasteiger charge is 2.38. The largest absolute Gasteiger partial charge is 0.471 e. The van der Waals surface area contributed by atoms with Crippen molar-refractivity contribution >= 4 is 12.0 Å². The van der Waals surface area contributed by atoms with Gasteiger partial charge in [-0.3, -0.25) is 9.80 Å². The predicted molar refractivity (Wildman–Crippen MR) is 137 cm³/mol. The van der Waals surface area contributed by atoms with Crippen LogP contribution < -0.4 is 4.90 Å². The van der Waals surface area contributed by atoms with Gasteiger partial charge in [0.1, 0.15) is 0 Å². The summed E-state index contributed by atoms with van der Waals surface area (Å²) in [5.41, 5.74) is 1.46. The van der Waals surface area contributed by atoms with Crippen LogP contribution in [0.25, 0.3) is 17.5 Å². The zero-order valence-electron chi connectivity index (χ0n) is 21.3. The Morgan fingerprint density at radius 1 is 0.947 bits per heavy atom.